The minimum absolute atomic E-state index is 0.251. The van der Waals surface area contributed by atoms with Gasteiger partial charge in [-0.2, -0.15) is 0 Å². The first kappa shape index (κ1) is 12.7. The second-order valence-corrected chi connectivity index (χ2v) is 3.66. The third kappa shape index (κ3) is 2.81. The molecule has 0 saturated carbocycles. The van der Waals surface area contributed by atoms with E-state index >= 15 is 0 Å². The summed E-state index contributed by atoms with van der Waals surface area (Å²) in [5.74, 6) is -0.786. The number of aliphatic hydroxyl groups is 1. The molecular formula is C12H17NO3. The van der Waals surface area contributed by atoms with Gasteiger partial charge in [-0.15, -0.1) is 0 Å². The predicted molar refractivity (Wildman–Crippen MR) is 60.3 cm³/mol. The SMILES string of the molecule is CON(C)C(=O)[C@H](C)[C@@H](O)c1ccccc1. The Bertz CT molecular complexity index is 339. The summed E-state index contributed by atoms with van der Waals surface area (Å²) in [6, 6.07) is 9.11. The van der Waals surface area contributed by atoms with Gasteiger partial charge in [-0.05, 0) is 5.56 Å². The second kappa shape index (κ2) is 5.63. The van der Waals surface area contributed by atoms with Gasteiger partial charge >= 0.3 is 0 Å². The minimum atomic E-state index is -0.814. The number of hydroxylamine groups is 2. The van der Waals surface area contributed by atoms with Crippen molar-refractivity contribution in [1.29, 1.82) is 0 Å². The van der Waals surface area contributed by atoms with Gasteiger partial charge in [-0.25, -0.2) is 5.06 Å². The third-order valence-electron chi connectivity index (χ3n) is 2.59. The maximum Gasteiger partial charge on any atom is 0.251 e. The highest BCUT2D eigenvalue weighted by Crippen LogP contribution is 2.22. The molecule has 0 heterocycles. The number of hydrogen-bond acceptors (Lipinski definition) is 3. The van der Waals surface area contributed by atoms with E-state index in [0.29, 0.717) is 0 Å². The lowest BCUT2D eigenvalue weighted by molar-refractivity contribution is -0.176. The number of aliphatic hydroxyl groups excluding tert-OH is 1. The molecule has 2 atom stereocenters. The lowest BCUT2D eigenvalue weighted by atomic mass is 9.97. The van der Waals surface area contributed by atoms with E-state index in [1.54, 1.807) is 19.1 Å². The van der Waals surface area contributed by atoms with Gasteiger partial charge in [0.15, 0.2) is 0 Å². The maximum absolute atomic E-state index is 11.7. The molecule has 1 N–H and O–H groups in total. The molecule has 16 heavy (non-hydrogen) atoms. The molecule has 0 fully saturated rings. The number of rotatable bonds is 4. The average molecular weight is 223 g/mol. The first-order valence-corrected chi connectivity index (χ1v) is 5.12. The van der Waals surface area contributed by atoms with Gasteiger partial charge in [0.05, 0.1) is 19.1 Å². The molecule has 0 bridgehead atoms. The minimum Gasteiger partial charge on any atom is -0.388 e. The monoisotopic (exact) mass is 223 g/mol. The van der Waals surface area contributed by atoms with Crippen LogP contribution < -0.4 is 0 Å². The molecule has 0 spiro atoms. The van der Waals surface area contributed by atoms with Crippen LogP contribution in [0.4, 0.5) is 0 Å². The topological polar surface area (TPSA) is 49.8 Å². The second-order valence-electron chi connectivity index (χ2n) is 3.66. The number of hydrogen-bond donors (Lipinski definition) is 1. The molecule has 0 aromatic heterocycles. The quantitative estimate of drug-likeness (QED) is 0.784. The first-order chi connectivity index (χ1) is 7.57. The van der Waals surface area contributed by atoms with E-state index in [1.165, 1.54) is 14.2 Å². The zero-order valence-corrected chi connectivity index (χ0v) is 9.75. The molecule has 0 saturated heterocycles. The molecule has 4 nitrogen and oxygen atoms in total. The van der Waals surface area contributed by atoms with Crippen LogP contribution in [0.25, 0.3) is 0 Å². The molecule has 0 radical (unpaired) electrons. The van der Waals surface area contributed by atoms with Gasteiger partial charge in [0.1, 0.15) is 0 Å². The summed E-state index contributed by atoms with van der Waals surface area (Å²) in [4.78, 5) is 16.5. The Kier molecular flexibility index (Phi) is 4.46. The molecule has 0 aliphatic heterocycles. The zero-order valence-electron chi connectivity index (χ0n) is 9.75. The summed E-state index contributed by atoms with van der Waals surface area (Å²) in [6.45, 7) is 1.68. The van der Waals surface area contributed by atoms with Crippen LogP contribution in [0, 0.1) is 5.92 Å². The van der Waals surface area contributed by atoms with E-state index in [1.807, 2.05) is 18.2 Å². The van der Waals surface area contributed by atoms with Gasteiger partial charge in [0.25, 0.3) is 5.91 Å². The summed E-state index contributed by atoms with van der Waals surface area (Å²) < 4.78 is 0. The van der Waals surface area contributed by atoms with Crippen LogP contribution >= 0.6 is 0 Å². The highest BCUT2D eigenvalue weighted by atomic mass is 16.7. The summed E-state index contributed by atoms with van der Waals surface area (Å²) in [5, 5.41) is 11.1. The van der Waals surface area contributed by atoms with Crippen LogP contribution in [0.3, 0.4) is 0 Å². The number of carbonyl (C=O) groups excluding carboxylic acids is 1. The Morgan fingerprint density at radius 1 is 1.38 bits per heavy atom. The van der Waals surface area contributed by atoms with Crippen LogP contribution in [0.1, 0.15) is 18.6 Å². The first-order valence-electron chi connectivity index (χ1n) is 5.12. The fourth-order valence-electron chi connectivity index (χ4n) is 1.45. The van der Waals surface area contributed by atoms with Crippen LogP contribution in [0.2, 0.25) is 0 Å². The molecule has 88 valence electrons. The molecule has 1 aromatic rings. The Morgan fingerprint density at radius 2 is 1.94 bits per heavy atom. The van der Waals surface area contributed by atoms with Crippen molar-refractivity contribution in [3.63, 3.8) is 0 Å². The predicted octanol–water partition coefficient (Wildman–Crippen LogP) is 1.38. The lowest BCUT2D eigenvalue weighted by Crippen LogP contribution is -2.33. The van der Waals surface area contributed by atoms with Crippen molar-refractivity contribution < 1.29 is 14.7 Å². The van der Waals surface area contributed by atoms with Crippen molar-refractivity contribution in [2.45, 2.75) is 13.0 Å². The molecule has 4 heteroatoms. The number of nitrogens with zero attached hydrogens (tertiary/aromatic N) is 1. The number of amides is 1. The van der Waals surface area contributed by atoms with E-state index in [-0.39, 0.29) is 5.91 Å². The van der Waals surface area contributed by atoms with Crippen LogP contribution in [-0.4, -0.2) is 30.2 Å². The smallest absolute Gasteiger partial charge is 0.251 e. The number of carbonyl (C=O) groups is 1. The van der Waals surface area contributed by atoms with Crippen molar-refractivity contribution in [2.75, 3.05) is 14.2 Å². The lowest BCUT2D eigenvalue weighted by Gasteiger charge is -2.22. The zero-order chi connectivity index (χ0) is 12.1. The standard InChI is InChI=1S/C12H17NO3/c1-9(12(15)13(2)16-3)11(14)10-7-5-4-6-8-10/h4-9,11,14H,1-3H3/t9-,11-/m1/s1. The van der Waals surface area contributed by atoms with Gasteiger partial charge in [0, 0.05) is 7.05 Å². The molecule has 1 amide bonds. The Labute approximate surface area is 95.4 Å². The van der Waals surface area contributed by atoms with Gasteiger partial charge in [-0.3, -0.25) is 9.63 Å². The van der Waals surface area contributed by atoms with E-state index in [4.69, 9.17) is 4.84 Å². The number of benzene rings is 1. The summed E-state index contributed by atoms with van der Waals surface area (Å²) in [5.41, 5.74) is 0.729. The normalized spacial score (nSPS) is 14.2. The molecule has 0 aliphatic rings. The Morgan fingerprint density at radius 3 is 2.44 bits per heavy atom. The fraction of sp³-hybridized carbons (Fsp3) is 0.417. The summed E-state index contributed by atoms with van der Waals surface area (Å²) >= 11 is 0. The van der Waals surface area contributed by atoms with E-state index in [0.717, 1.165) is 10.6 Å². The van der Waals surface area contributed by atoms with Crippen LogP contribution in [-0.2, 0) is 9.63 Å². The largest absolute Gasteiger partial charge is 0.388 e. The summed E-state index contributed by atoms with van der Waals surface area (Å²) in [6.07, 6.45) is -0.814. The van der Waals surface area contributed by atoms with Crippen LogP contribution in [0.5, 0.6) is 0 Å². The van der Waals surface area contributed by atoms with E-state index < -0.39 is 12.0 Å². The van der Waals surface area contributed by atoms with Crippen molar-refractivity contribution >= 4 is 5.91 Å². The Balaban J connectivity index is 2.75. The highest BCUT2D eigenvalue weighted by Gasteiger charge is 2.26. The van der Waals surface area contributed by atoms with Gasteiger partial charge in [0.2, 0.25) is 0 Å². The molecule has 1 rings (SSSR count). The molecule has 1 aromatic carbocycles. The van der Waals surface area contributed by atoms with Crippen molar-refractivity contribution in [1.82, 2.24) is 5.06 Å². The molecule has 0 aliphatic carbocycles. The van der Waals surface area contributed by atoms with E-state index in [9.17, 15) is 9.90 Å². The maximum atomic E-state index is 11.7. The van der Waals surface area contributed by atoms with Crippen molar-refractivity contribution in [3.8, 4) is 0 Å². The van der Waals surface area contributed by atoms with Crippen molar-refractivity contribution in [3.05, 3.63) is 35.9 Å². The average Bonchev–Trinajstić information content (AvgIpc) is 2.36. The highest BCUT2D eigenvalue weighted by molar-refractivity contribution is 5.78. The Hall–Kier alpha value is -1.39. The van der Waals surface area contributed by atoms with Gasteiger partial charge in [-0.1, -0.05) is 37.3 Å². The van der Waals surface area contributed by atoms with E-state index in [2.05, 4.69) is 0 Å². The fourth-order valence-corrected chi connectivity index (χ4v) is 1.45. The molecular weight excluding hydrogens is 206 g/mol. The third-order valence-corrected chi connectivity index (χ3v) is 2.59. The van der Waals surface area contributed by atoms with Crippen molar-refractivity contribution in [2.24, 2.45) is 5.92 Å². The molecule has 0 unspecified atom stereocenters. The van der Waals surface area contributed by atoms with Crippen LogP contribution in [0.15, 0.2) is 30.3 Å². The summed E-state index contributed by atoms with van der Waals surface area (Å²) in [7, 11) is 2.94. The van der Waals surface area contributed by atoms with Gasteiger partial charge < -0.3 is 5.11 Å².